The highest BCUT2D eigenvalue weighted by atomic mass is 16.5. The second-order valence-corrected chi connectivity index (χ2v) is 6.05. The van der Waals surface area contributed by atoms with Gasteiger partial charge in [0, 0.05) is 26.7 Å². The monoisotopic (exact) mass is 256 g/mol. The molecule has 108 valence electrons. The Morgan fingerprint density at radius 1 is 1.33 bits per heavy atom. The van der Waals surface area contributed by atoms with E-state index in [0.29, 0.717) is 0 Å². The van der Waals surface area contributed by atoms with Gasteiger partial charge in [-0.1, -0.05) is 13.8 Å². The van der Waals surface area contributed by atoms with Crippen molar-refractivity contribution in [1.82, 2.24) is 10.2 Å². The van der Waals surface area contributed by atoms with Gasteiger partial charge in [0.05, 0.1) is 6.61 Å². The largest absolute Gasteiger partial charge is 0.384 e. The summed E-state index contributed by atoms with van der Waals surface area (Å²) in [5, 5.41) is 3.56. The van der Waals surface area contributed by atoms with Crippen LogP contribution < -0.4 is 5.32 Å². The van der Waals surface area contributed by atoms with Gasteiger partial charge in [-0.2, -0.15) is 0 Å². The van der Waals surface area contributed by atoms with Crippen LogP contribution in [0.15, 0.2) is 0 Å². The number of ether oxygens (including phenoxy) is 1. The maximum Gasteiger partial charge on any atom is 0.0502 e. The highest BCUT2D eigenvalue weighted by molar-refractivity contribution is 4.73. The molecule has 1 rings (SSSR count). The van der Waals surface area contributed by atoms with Crippen molar-refractivity contribution in [3.05, 3.63) is 0 Å². The number of piperidine rings is 1. The Labute approximate surface area is 113 Å². The van der Waals surface area contributed by atoms with Crippen LogP contribution in [0.4, 0.5) is 0 Å². The first-order valence-electron chi connectivity index (χ1n) is 7.64. The lowest BCUT2D eigenvalue weighted by Crippen LogP contribution is -2.40. The number of hydrogen-bond donors (Lipinski definition) is 1. The molecule has 3 heteroatoms. The maximum atomic E-state index is 5.27. The van der Waals surface area contributed by atoms with Crippen molar-refractivity contribution < 1.29 is 4.74 Å². The summed E-state index contributed by atoms with van der Waals surface area (Å²) in [6.45, 7) is 11.5. The average molecular weight is 256 g/mol. The molecular weight excluding hydrogens is 224 g/mol. The van der Waals surface area contributed by atoms with Crippen molar-refractivity contribution in [2.45, 2.75) is 39.5 Å². The SMILES string of the molecule is COCC1CCCN(CCNCCCC(C)C)C1. The van der Waals surface area contributed by atoms with E-state index in [0.717, 1.165) is 25.0 Å². The first kappa shape index (κ1) is 15.9. The van der Waals surface area contributed by atoms with E-state index >= 15 is 0 Å². The van der Waals surface area contributed by atoms with E-state index in [1.165, 1.54) is 51.9 Å². The number of rotatable bonds is 9. The van der Waals surface area contributed by atoms with Crippen LogP contribution in [-0.2, 0) is 4.74 Å². The van der Waals surface area contributed by atoms with Gasteiger partial charge in [0.2, 0.25) is 0 Å². The zero-order valence-electron chi connectivity index (χ0n) is 12.6. The van der Waals surface area contributed by atoms with Gasteiger partial charge >= 0.3 is 0 Å². The Bertz CT molecular complexity index is 195. The van der Waals surface area contributed by atoms with Gasteiger partial charge in [0.1, 0.15) is 0 Å². The van der Waals surface area contributed by atoms with E-state index in [-0.39, 0.29) is 0 Å². The second-order valence-electron chi connectivity index (χ2n) is 6.05. The summed E-state index contributed by atoms with van der Waals surface area (Å²) in [6, 6.07) is 0. The highest BCUT2D eigenvalue weighted by Crippen LogP contribution is 2.15. The summed E-state index contributed by atoms with van der Waals surface area (Å²) in [4.78, 5) is 2.59. The van der Waals surface area contributed by atoms with Crippen LogP contribution in [0.2, 0.25) is 0 Å². The summed E-state index contributed by atoms with van der Waals surface area (Å²) in [6.07, 6.45) is 5.32. The molecule has 0 bridgehead atoms. The molecule has 0 aliphatic carbocycles. The van der Waals surface area contributed by atoms with Crippen LogP contribution in [0.3, 0.4) is 0 Å². The third kappa shape index (κ3) is 7.34. The number of methoxy groups -OCH3 is 1. The smallest absolute Gasteiger partial charge is 0.0502 e. The van der Waals surface area contributed by atoms with Gasteiger partial charge in [-0.05, 0) is 50.6 Å². The van der Waals surface area contributed by atoms with Gasteiger partial charge in [0.15, 0.2) is 0 Å². The molecule has 0 spiro atoms. The Morgan fingerprint density at radius 3 is 2.89 bits per heavy atom. The van der Waals surface area contributed by atoms with Gasteiger partial charge in [-0.3, -0.25) is 0 Å². The molecule has 1 saturated heterocycles. The Hall–Kier alpha value is -0.120. The fraction of sp³-hybridized carbons (Fsp3) is 1.00. The third-order valence-corrected chi connectivity index (χ3v) is 3.75. The summed E-state index contributed by atoms with van der Waals surface area (Å²) in [7, 11) is 1.81. The number of nitrogens with zero attached hydrogens (tertiary/aromatic N) is 1. The van der Waals surface area contributed by atoms with Gasteiger partial charge in [-0.25, -0.2) is 0 Å². The van der Waals surface area contributed by atoms with E-state index < -0.39 is 0 Å². The highest BCUT2D eigenvalue weighted by Gasteiger charge is 2.18. The minimum absolute atomic E-state index is 0.754. The summed E-state index contributed by atoms with van der Waals surface area (Å²) < 4.78 is 5.27. The van der Waals surface area contributed by atoms with Crippen molar-refractivity contribution in [3.8, 4) is 0 Å². The lowest BCUT2D eigenvalue weighted by atomic mass is 9.99. The zero-order chi connectivity index (χ0) is 13.2. The fourth-order valence-electron chi connectivity index (χ4n) is 2.72. The first-order chi connectivity index (χ1) is 8.72. The molecule has 1 heterocycles. The predicted molar refractivity (Wildman–Crippen MR) is 78.0 cm³/mol. The van der Waals surface area contributed by atoms with Crippen LogP contribution in [0.25, 0.3) is 0 Å². The van der Waals surface area contributed by atoms with E-state index in [2.05, 4.69) is 24.1 Å². The molecule has 1 fully saturated rings. The van der Waals surface area contributed by atoms with E-state index in [4.69, 9.17) is 4.74 Å². The van der Waals surface area contributed by atoms with Gasteiger partial charge < -0.3 is 15.0 Å². The van der Waals surface area contributed by atoms with E-state index in [1.54, 1.807) is 0 Å². The molecule has 1 unspecified atom stereocenters. The Balaban J connectivity index is 1.98. The van der Waals surface area contributed by atoms with Gasteiger partial charge in [-0.15, -0.1) is 0 Å². The predicted octanol–water partition coefficient (Wildman–Crippen LogP) is 2.37. The molecule has 18 heavy (non-hydrogen) atoms. The standard InChI is InChI=1S/C15H32N2O/c1-14(2)6-4-8-16-9-11-17-10-5-7-15(12-17)13-18-3/h14-16H,4-13H2,1-3H3. The third-order valence-electron chi connectivity index (χ3n) is 3.75. The van der Waals surface area contributed by atoms with Crippen LogP contribution in [0, 0.1) is 11.8 Å². The lowest BCUT2D eigenvalue weighted by molar-refractivity contribution is 0.0911. The topological polar surface area (TPSA) is 24.5 Å². The van der Waals surface area contributed by atoms with Crippen molar-refractivity contribution in [3.63, 3.8) is 0 Å². The van der Waals surface area contributed by atoms with Crippen LogP contribution in [0.5, 0.6) is 0 Å². The lowest BCUT2D eigenvalue weighted by Gasteiger charge is -2.32. The molecule has 0 saturated carbocycles. The molecule has 1 atom stereocenters. The summed E-state index contributed by atoms with van der Waals surface area (Å²) in [5.41, 5.74) is 0. The number of hydrogen-bond acceptors (Lipinski definition) is 3. The van der Waals surface area contributed by atoms with Crippen LogP contribution >= 0.6 is 0 Å². The van der Waals surface area contributed by atoms with Crippen LogP contribution in [-0.4, -0.2) is 51.3 Å². The Morgan fingerprint density at radius 2 is 2.17 bits per heavy atom. The summed E-state index contributed by atoms with van der Waals surface area (Å²) in [5.74, 6) is 1.59. The van der Waals surface area contributed by atoms with Crippen LogP contribution in [0.1, 0.15) is 39.5 Å². The molecule has 0 amide bonds. The average Bonchev–Trinajstić information content (AvgIpc) is 2.34. The quantitative estimate of drug-likeness (QED) is 0.641. The minimum atomic E-state index is 0.754. The molecule has 0 aromatic rings. The van der Waals surface area contributed by atoms with Crippen molar-refractivity contribution in [1.29, 1.82) is 0 Å². The minimum Gasteiger partial charge on any atom is -0.384 e. The molecule has 3 nitrogen and oxygen atoms in total. The maximum absolute atomic E-state index is 5.27. The molecule has 0 radical (unpaired) electrons. The number of likely N-dealkylation sites (tertiary alicyclic amines) is 1. The molecule has 1 aliphatic rings. The molecular formula is C15H32N2O. The fourth-order valence-corrected chi connectivity index (χ4v) is 2.72. The molecule has 1 aliphatic heterocycles. The van der Waals surface area contributed by atoms with Gasteiger partial charge in [0.25, 0.3) is 0 Å². The second kappa shape index (κ2) is 9.76. The first-order valence-corrected chi connectivity index (χ1v) is 7.64. The number of nitrogens with one attached hydrogen (secondary N) is 1. The summed E-state index contributed by atoms with van der Waals surface area (Å²) >= 11 is 0. The van der Waals surface area contributed by atoms with E-state index in [9.17, 15) is 0 Å². The molecule has 1 N–H and O–H groups in total. The molecule has 0 aromatic carbocycles. The van der Waals surface area contributed by atoms with Crippen molar-refractivity contribution >= 4 is 0 Å². The molecule has 0 aromatic heterocycles. The Kier molecular flexibility index (Phi) is 8.64. The van der Waals surface area contributed by atoms with Crippen molar-refractivity contribution in [2.24, 2.45) is 11.8 Å². The zero-order valence-corrected chi connectivity index (χ0v) is 12.6. The van der Waals surface area contributed by atoms with E-state index in [1.807, 2.05) is 7.11 Å². The normalized spacial score (nSPS) is 21.7. The van der Waals surface area contributed by atoms with Crippen molar-refractivity contribution in [2.75, 3.05) is 46.4 Å².